The number of nitrogens with zero attached hydrogens (tertiary/aromatic N) is 1. The number of aliphatic hydroxyl groups is 1. The first-order chi connectivity index (χ1) is 9.52. The fourth-order valence-corrected chi connectivity index (χ4v) is 2.74. The van der Waals surface area contributed by atoms with Crippen LogP contribution in [0, 0.1) is 16.0 Å². The third kappa shape index (κ3) is 3.08. The van der Waals surface area contributed by atoms with Gasteiger partial charge >= 0.3 is 0 Å². The van der Waals surface area contributed by atoms with Gasteiger partial charge in [0.05, 0.1) is 4.92 Å². The van der Waals surface area contributed by atoms with Crippen molar-refractivity contribution in [1.29, 1.82) is 0 Å². The molecule has 2 rings (SSSR count). The lowest BCUT2D eigenvalue weighted by atomic mass is 10.0. The van der Waals surface area contributed by atoms with E-state index in [0.717, 1.165) is 19.3 Å². The molecule has 0 aliphatic heterocycles. The van der Waals surface area contributed by atoms with Gasteiger partial charge in [0.15, 0.2) is 0 Å². The zero-order chi connectivity index (χ0) is 14.7. The smallest absolute Gasteiger partial charge is 0.287 e. The Morgan fingerprint density at radius 2 is 2.25 bits per heavy atom. The highest BCUT2D eigenvalue weighted by Crippen LogP contribution is 2.27. The molecule has 1 aromatic rings. The first-order valence-electron chi connectivity index (χ1n) is 6.38. The summed E-state index contributed by atoms with van der Waals surface area (Å²) in [7, 11) is 0. The molecule has 2 unspecified atom stereocenters. The quantitative estimate of drug-likeness (QED) is 0.658. The van der Waals surface area contributed by atoms with Crippen molar-refractivity contribution in [3.8, 4) is 0 Å². The van der Waals surface area contributed by atoms with Crippen LogP contribution >= 0.6 is 11.6 Å². The monoisotopic (exact) mass is 298 g/mol. The second kappa shape index (κ2) is 6.19. The highest BCUT2D eigenvalue weighted by atomic mass is 35.5. The molecule has 108 valence electrons. The second-order valence-electron chi connectivity index (χ2n) is 4.88. The molecule has 0 saturated heterocycles. The summed E-state index contributed by atoms with van der Waals surface area (Å²) in [5.74, 6) is -0.250. The topological polar surface area (TPSA) is 92.5 Å². The van der Waals surface area contributed by atoms with E-state index in [2.05, 4.69) is 5.32 Å². The minimum atomic E-state index is -0.594. The largest absolute Gasteiger partial charge is 0.396 e. The summed E-state index contributed by atoms with van der Waals surface area (Å²) >= 11 is 5.78. The highest BCUT2D eigenvalue weighted by molar-refractivity contribution is 6.33. The predicted molar refractivity (Wildman–Crippen MR) is 73.8 cm³/mol. The summed E-state index contributed by atoms with van der Waals surface area (Å²) in [5, 5.41) is 22.7. The third-order valence-corrected chi connectivity index (χ3v) is 3.92. The SMILES string of the molecule is O=C(NC1CCCC1CO)c1ccc([N+](=O)[O-])c(Cl)c1. The molecular formula is C13H15ClN2O4. The van der Waals surface area contributed by atoms with Gasteiger partial charge in [0.2, 0.25) is 0 Å². The number of nitrogens with one attached hydrogen (secondary N) is 1. The maximum Gasteiger partial charge on any atom is 0.287 e. The van der Waals surface area contributed by atoms with E-state index in [1.54, 1.807) is 0 Å². The number of nitro groups is 1. The molecule has 2 N–H and O–H groups in total. The molecule has 0 bridgehead atoms. The molecule has 2 atom stereocenters. The number of amides is 1. The lowest BCUT2D eigenvalue weighted by molar-refractivity contribution is -0.384. The molecule has 0 radical (unpaired) electrons. The maximum atomic E-state index is 12.1. The van der Waals surface area contributed by atoms with Crippen LogP contribution in [-0.2, 0) is 0 Å². The number of benzene rings is 1. The zero-order valence-electron chi connectivity index (χ0n) is 10.7. The summed E-state index contributed by atoms with van der Waals surface area (Å²) in [5.41, 5.74) is 0.0570. The van der Waals surface area contributed by atoms with Crippen LogP contribution in [0.1, 0.15) is 29.6 Å². The number of rotatable bonds is 4. The van der Waals surface area contributed by atoms with Gasteiger partial charge in [-0.25, -0.2) is 0 Å². The Hall–Kier alpha value is -1.66. The van der Waals surface area contributed by atoms with Crippen LogP contribution in [0.3, 0.4) is 0 Å². The molecule has 7 heteroatoms. The van der Waals surface area contributed by atoms with Gasteiger partial charge in [-0.2, -0.15) is 0 Å². The summed E-state index contributed by atoms with van der Waals surface area (Å²) in [6.07, 6.45) is 2.69. The van der Waals surface area contributed by atoms with E-state index < -0.39 is 4.92 Å². The van der Waals surface area contributed by atoms with Gasteiger partial charge in [-0.3, -0.25) is 14.9 Å². The van der Waals surface area contributed by atoms with E-state index in [1.807, 2.05) is 0 Å². The van der Waals surface area contributed by atoms with Gasteiger partial charge in [0.25, 0.3) is 11.6 Å². The minimum Gasteiger partial charge on any atom is -0.396 e. The molecule has 6 nitrogen and oxygen atoms in total. The summed E-state index contributed by atoms with van der Waals surface area (Å²) in [6, 6.07) is 3.83. The average Bonchev–Trinajstić information content (AvgIpc) is 2.85. The van der Waals surface area contributed by atoms with Crippen molar-refractivity contribution in [3.05, 3.63) is 38.9 Å². The third-order valence-electron chi connectivity index (χ3n) is 3.62. The number of carbonyl (C=O) groups is 1. The van der Waals surface area contributed by atoms with Crippen LogP contribution in [0.25, 0.3) is 0 Å². The molecular weight excluding hydrogens is 284 g/mol. The van der Waals surface area contributed by atoms with Gasteiger partial charge in [-0.05, 0) is 25.0 Å². The molecule has 0 aromatic heterocycles. The van der Waals surface area contributed by atoms with E-state index in [1.165, 1.54) is 18.2 Å². The molecule has 1 saturated carbocycles. The van der Waals surface area contributed by atoms with Crippen molar-refractivity contribution in [1.82, 2.24) is 5.32 Å². The molecule has 1 aliphatic rings. The van der Waals surface area contributed by atoms with Gasteiger partial charge < -0.3 is 10.4 Å². The fraction of sp³-hybridized carbons (Fsp3) is 0.462. The van der Waals surface area contributed by atoms with E-state index in [4.69, 9.17) is 11.6 Å². The van der Waals surface area contributed by atoms with Crippen molar-refractivity contribution in [2.45, 2.75) is 25.3 Å². The maximum absolute atomic E-state index is 12.1. The Labute approximate surface area is 120 Å². The Bertz CT molecular complexity index is 535. The summed E-state index contributed by atoms with van der Waals surface area (Å²) in [6.45, 7) is 0.0476. The van der Waals surface area contributed by atoms with Crippen molar-refractivity contribution in [3.63, 3.8) is 0 Å². The number of halogens is 1. The minimum absolute atomic E-state index is 0.0476. The number of nitro benzene ring substituents is 1. The van der Waals surface area contributed by atoms with Crippen molar-refractivity contribution in [2.75, 3.05) is 6.61 Å². The van der Waals surface area contributed by atoms with Crippen molar-refractivity contribution >= 4 is 23.2 Å². The second-order valence-corrected chi connectivity index (χ2v) is 5.28. The normalized spacial score (nSPS) is 21.7. The highest BCUT2D eigenvalue weighted by Gasteiger charge is 2.28. The van der Waals surface area contributed by atoms with Crippen LogP contribution in [0.2, 0.25) is 5.02 Å². The number of aliphatic hydroxyl groups excluding tert-OH is 1. The summed E-state index contributed by atoms with van der Waals surface area (Å²) in [4.78, 5) is 22.1. The van der Waals surface area contributed by atoms with Crippen molar-refractivity contribution in [2.24, 2.45) is 5.92 Å². The van der Waals surface area contributed by atoms with Crippen LogP contribution in [0.4, 0.5) is 5.69 Å². The van der Waals surface area contributed by atoms with Crippen LogP contribution in [0.5, 0.6) is 0 Å². The standard InChI is InChI=1S/C13H15ClN2O4/c14-10-6-8(4-5-12(10)16(19)20)13(18)15-11-3-1-2-9(11)7-17/h4-6,9,11,17H,1-3,7H2,(H,15,18). The molecule has 1 fully saturated rings. The van der Waals surface area contributed by atoms with Gasteiger partial charge in [-0.15, -0.1) is 0 Å². The number of hydrogen-bond donors (Lipinski definition) is 2. The Balaban J connectivity index is 2.10. The van der Waals surface area contributed by atoms with E-state index in [0.29, 0.717) is 0 Å². The Morgan fingerprint density at radius 1 is 1.50 bits per heavy atom. The fourth-order valence-electron chi connectivity index (χ4n) is 2.49. The molecule has 0 heterocycles. The van der Waals surface area contributed by atoms with E-state index >= 15 is 0 Å². The van der Waals surface area contributed by atoms with Crippen LogP contribution in [-0.4, -0.2) is 28.6 Å². The van der Waals surface area contributed by atoms with E-state index in [-0.39, 0.29) is 40.7 Å². The van der Waals surface area contributed by atoms with Gasteiger partial charge in [0.1, 0.15) is 5.02 Å². The number of carbonyl (C=O) groups excluding carboxylic acids is 1. The van der Waals surface area contributed by atoms with Gasteiger partial charge in [0, 0.05) is 30.2 Å². The molecule has 20 heavy (non-hydrogen) atoms. The molecule has 0 spiro atoms. The molecule has 1 aliphatic carbocycles. The Morgan fingerprint density at radius 3 is 2.85 bits per heavy atom. The van der Waals surface area contributed by atoms with Gasteiger partial charge in [-0.1, -0.05) is 18.0 Å². The van der Waals surface area contributed by atoms with Crippen LogP contribution < -0.4 is 5.32 Å². The van der Waals surface area contributed by atoms with Crippen LogP contribution in [0.15, 0.2) is 18.2 Å². The average molecular weight is 299 g/mol. The molecule has 1 aromatic carbocycles. The Kier molecular flexibility index (Phi) is 4.57. The summed E-state index contributed by atoms with van der Waals surface area (Å²) < 4.78 is 0. The lowest BCUT2D eigenvalue weighted by Gasteiger charge is -2.19. The first-order valence-corrected chi connectivity index (χ1v) is 6.76. The lowest BCUT2D eigenvalue weighted by Crippen LogP contribution is -2.38. The molecule has 1 amide bonds. The zero-order valence-corrected chi connectivity index (χ0v) is 11.5. The van der Waals surface area contributed by atoms with E-state index in [9.17, 15) is 20.0 Å². The first kappa shape index (κ1) is 14.7. The van der Waals surface area contributed by atoms with Crippen molar-refractivity contribution < 1.29 is 14.8 Å². The number of hydrogen-bond acceptors (Lipinski definition) is 4. The predicted octanol–water partition coefficient (Wildman–Crippen LogP) is 2.14.